The molecule has 0 radical (unpaired) electrons. The van der Waals surface area contributed by atoms with E-state index in [0.717, 1.165) is 34.8 Å². The number of carbonyl (C=O) groups excluding carboxylic acids is 1. The molecule has 3 rings (SSSR count). The van der Waals surface area contributed by atoms with Gasteiger partial charge in [0.2, 0.25) is 0 Å². The Kier molecular flexibility index (Phi) is 5.18. The maximum Gasteiger partial charge on any atom is 0.173 e. The monoisotopic (exact) mass is 330 g/mol. The van der Waals surface area contributed by atoms with E-state index < -0.39 is 0 Å². The molecule has 2 aromatic rings. The first-order valence-electron chi connectivity index (χ1n) is 8.08. The van der Waals surface area contributed by atoms with Crippen LogP contribution >= 0.6 is 11.8 Å². The van der Waals surface area contributed by atoms with Gasteiger partial charge in [-0.05, 0) is 19.8 Å². The molecule has 4 nitrogen and oxygen atoms in total. The molecule has 122 valence electrons. The molecule has 1 aliphatic rings. The van der Waals surface area contributed by atoms with Crippen LogP contribution < -0.4 is 0 Å². The van der Waals surface area contributed by atoms with Crippen molar-refractivity contribution in [1.82, 2.24) is 9.55 Å². The fourth-order valence-electron chi connectivity index (χ4n) is 3.11. The molecule has 0 atom stereocenters. The SMILES string of the molecule is Cc1ccc(C(=O)CSc2ncc(CO)n2C2CCCC2)cc1. The maximum absolute atomic E-state index is 12.3. The molecule has 0 aliphatic heterocycles. The summed E-state index contributed by atoms with van der Waals surface area (Å²) < 4.78 is 2.14. The van der Waals surface area contributed by atoms with Crippen molar-refractivity contribution >= 4 is 17.5 Å². The Morgan fingerprint density at radius 2 is 2.00 bits per heavy atom. The third-order valence-electron chi connectivity index (χ3n) is 4.40. The van der Waals surface area contributed by atoms with Crippen molar-refractivity contribution in [2.75, 3.05) is 5.75 Å². The average Bonchev–Trinajstić information content (AvgIpc) is 3.21. The largest absolute Gasteiger partial charge is 0.390 e. The molecule has 1 aliphatic carbocycles. The standard InChI is InChI=1S/C18H22N2O2S/c1-13-6-8-14(9-7-13)17(22)12-23-18-19-10-16(11-21)20(18)15-4-2-3-5-15/h6-10,15,21H,2-5,11-12H2,1H3. The van der Waals surface area contributed by atoms with Crippen LogP contribution in [0.15, 0.2) is 35.6 Å². The van der Waals surface area contributed by atoms with Crippen molar-refractivity contribution in [3.05, 3.63) is 47.3 Å². The van der Waals surface area contributed by atoms with Crippen LogP contribution in [0.5, 0.6) is 0 Å². The molecule has 0 spiro atoms. The lowest BCUT2D eigenvalue weighted by Crippen LogP contribution is -2.11. The van der Waals surface area contributed by atoms with E-state index >= 15 is 0 Å². The number of aliphatic hydroxyl groups excluding tert-OH is 1. The van der Waals surface area contributed by atoms with Crippen LogP contribution in [-0.4, -0.2) is 26.2 Å². The van der Waals surface area contributed by atoms with Crippen LogP contribution in [-0.2, 0) is 6.61 Å². The van der Waals surface area contributed by atoms with Gasteiger partial charge in [0.05, 0.1) is 24.3 Å². The van der Waals surface area contributed by atoms with Crippen LogP contribution in [0.3, 0.4) is 0 Å². The van der Waals surface area contributed by atoms with Gasteiger partial charge in [0, 0.05) is 11.6 Å². The van der Waals surface area contributed by atoms with Crippen LogP contribution in [0, 0.1) is 6.92 Å². The normalized spacial score (nSPS) is 15.2. The molecule has 1 saturated carbocycles. The number of aromatic nitrogens is 2. The highest BCUT2D eigenvalue weighted by Gasteiger charge is 2.23. The summed E-state index contributed by atoms with van der Waals surface area (Å²) in [6, 6.07) is 8.08. The highest BCUT2D eigenvalue weighted by atomic mass is 32.2. The number of rotatable bonds is 6. The van der Waals surface area contributed by atoms with Crippen molar-refractivity contribution in [3.63, 3.8) is 0 Å². The van der Waals surface area contributed by atoms with E-state index in [1.807, 2.05) is 31.2 Å². The molecule has 1 N–H and O–H groups in total. The van der Waals surface area contributed by atoms with Crippen LogP contribution in [0.25, 0.3) is 0 Å². The van der Waals surface area contributed by atoms with E-state index in [9.17, 15) is 9.90 Å². The first kappa shape index (κ1) is 16.3. The van der Waals surface area contributed by atoms with Crippen molar-refractivity contribution in [1.29, 1.82) is 0 Å². The van der Waals surface area contributed by atoms with E-state index in [1.54, 1.807) is 6.20 Å². The van der Waals surface area contributed by atoms with Crippen LogP contribution in [0.4, 0.5) is 0 Å². The fraction of sp³-hybridized carbons (Fsp3) is 0.444. The summed E-state index contributed by atoms with van der Waals surface area (Å²) >= 11 is 1.47. The first-order chi connectivity index (χ1) is 11.2. The molecule has 5 heteroatoms. The van der Waals surface area contributed by atoms with E-state index in [2.05, 4.69) is 9.55 Å². The number of hydrogen-bond donors (Lipinski definition) is 1. The van der Waals surface area contributed by atoms with Crippen molar-refractivity contribution in [2.45, 2.75) is 50.4 Å². The number of hydrogen-bond acceptors (Lipinski definition) is 4. The predicted octanol–water partition coefficient (Wildman–Crippen LogP) is 3.77. The molecular formula is C18H22N2O2S. The number of thioether (sulfide) groups is 1. The van der Waals surface area contributed by atoms with Crippen molar-refractivity contribution < 1.29 is 9.90 Å². The molecule has 23 heavy (non-hydrogen) atoms. The summed E-state index contributed by atoms with van der Waals surface area (Å²) in [7, 11) is 0. The van der Waals surface area contributed by atoms with Gasteiger partial charge < -0.3 is 9.67 Å². The summed E-state index contributed by atoms with van der Waals surface area (Å²) in [5.41, 5.74) is 2.74. The number of imidazole rings is 1. The van der Waals surface area contributed by atoms with Gasteiger partial charge in [-0.3, -0.25) is 4.79 Å². The number of ketones is 1. The lowest BCUT2D eigenvalue weighted by atomic mass is 10.1. The predicted molar refractivity (Wildman–Crippen MR) is 91.9 cm³/mol. The van der Waals surface area contributed by atoms with E-state index in [-0.39, 0.29) is 12.4 Å². The summed E-state index contributed by atoms with van der Waals surface area (Å²) in [5.74, 6) is 0.485. The summed E-state index contributed by atoms with van der Waals surface area (Å²) in [6.07, 6.45) is 6.43. The summed E-state index contributed by atoms with van der Waals surface area (Å²) in [5, 5.41) is 10.4. The van der Waals surface area contributed by atoms with Crippen LogP contribution in [0.1, 0.15) is 53.3 Å². The molecule has 0 saturated heterocycles. The molecule has 1 aromatic carbocycles. The third-order valence-corrected chi connectivity index (χ3v) is 5.36. The number of benzene rings is 1. The third kappa shape index (κ3) is 3.67. The van der Waals surface area contributed by atoms with Gasteiger partial charge in [0.15, 0.2) is 10.9 Å². The number of aryl methyl sites for hydroxylation is 1. The second kappa shape index (κ2) is 7.32. The topological polar surface area (TPSA) is 55.1 Å². The Bertz CT molecular complexity index is 673. The van der Waals surface area contributed by atoms with Gasteiger partial charge in [0.1, 0.15) is 0 Å². The van der Waals surface area contributed by atoms with Gasteiger partial charge >= 0.3 is 0 Å². The molecule has 1 aromatic heterocycles. The molecule has 0 amide bonds. The average molecular weight is 330 g/mol. The lowest BCUT2D eigenvalue weighted by Gasteiger charge is -2.17. The quantitative estimate of drug-likeness (QED) is 0.647. The molecule has 1 heterocycles. The Morgan fingerprint density at radius 3 is 2.65 bits per heavy atom. The second-order valence-corrected chi connectivity index (χ2v) is 7.02. The first-order valence-corrected chi connectivity index (χ1v) is 9.07. The van der Waals surface area contributed by atoms with E-state index in [4.69, 9.17) is 0 Å². The minimum absolute atomic E-state index is 0.00400. The molecule has 1 fully saturated rings. The highest BCUT2D eigenvalue weighted by molar-refractivity contribution is 7.99. The van der Waals surface area contributed by atoms with Gasteiger partial charge in [-0.25, -0.2) is 4.98 Å². The number of Topliss-reactive ketones (excluding diaryl/α,β-unsaturated/α-hetero) is 1. The molecular weight excluding hydrogens is 308 g/mol. The van der Waals surface area contributed by atoms with E-state index in [1.165, 1.54) is 24.6 Å². The minimum Gasteiger partial charge on any atom is -0.390 e. The second-order valence-electron chi connectivity index (χ2n) is 6.08. The van der Waals surface area contributed by atoms with Gasteiger partial charge in [-0.15, -0.1) is 0 Å². The Labute approximate surface area is 140 Å². The number of carbonyl (C=O) groups is 1. The zero-order chi connectivity index (χ0) is 16.2. The zero-order valence-electron chi connectivity index (χ0n) is 13.4. The fourth-order valence-corrected chi connectivity index (χ4v) is 4.07. The van der Waals surface area contributed by atoms with Crippen molar-refractivity contribution in [2.24, 2.45) is 0 Å². The molecule has 0 bridgehead atoms. The highest BCUT2D eigenvalue weighted by Crippen LogP contribution is 2.34. The summed E-state index contributed by atoms with van der Waals surface area (Å²) in [6.45, 7) is 2.01. The van der Waals surface area contributed by atoms with Crippen LogP contribution in [0.2, 0.25) is 0 Å². The zero-order valence-corrected chi connectivity index (χ0v) is 14.2. The summed E-state index contributed by atoms with van der Waals surface area (Å²) in [4.78, 5) is 16.8. The van der Waals surface area contributed by atoms with Gasteiger partial charge in [0.25, 0.3) is 0 Å². The Balaban J connectivity index is 1.71. The lowest BCUT2D eigenvalue weighted by molar-refractivity contribution is 0.102. The number of aliphatic hydroxyl groups is 1. The maximum atomic E-state index is 12.3. The smallest absolute Gasteiger partial charge is 0.173 e. The number of nitrogens with zero attached hydrogens (tertiary/aromatic N) is 2. The van der Waals surface area contributed by atoms with E-state index in [0.29, 0.717) is 11.8 Å². The van der Waals surface area contributed by atoms with Crippen molar-refractivity contribution in [3.8, 4) is 0 Å². The van der Waals surface area contributed by atoms with Gasteiger partial charge in [-0.2, -0.15) is 0 Å². The Hall–Kier alpha value is -1.59. The van der Waals surface area contributed by atoms with Gasteiger partial charge in [-0.1, -0.05) is 54.4 Å². The minimum atomic E-state index is -0.00400. The molecule has 0 unspecified atom stereocenters. The Morgan fingerprint density at radius 1 is 1.30 bits per heavy atom.